The molecule has 0 radical (unpaired) electrons. The van der Waals surface area contributed by atoms with Gasteiger partial charge in [-0.2, -0.15) is 0 Å². The zero-order valence-electron chi connectivity index (χ0n) is 19.0. The molecule has 2 aromatic rings. The lowest BCUT2D eigenvalue weighted by Gasteiger charge is -2.50. The lowest BCUT2D eigenvalue weighted by molar-refractivity contribution is -0.00735. The van der Waals surface area contributed by atoms with E-state index in [0.717, 1.165) is 44.7 Å². The van der Waals surface area contributed by atoms with Gasteiger partial charge >= 0.3 is 0 Å². The third kappa shape index (κ3) is 5.67. The summed E-state index contributed by atoms with van der Waals surface area (Å²) in [7, 11) is 0.251. The second-order valence-corrected chi connectivity index (χ2v) is 10.8. The van der Waals surface area contributed by atoms with E-state index in [1.165, 1.54) is 6.42 Å². The molecule has 1 aromatic carbocycles. The van der Waals surface area contributed by atoms with Crippen LogP contribution in [0.5, 0.6) is 5.75 Å². The van der Waals surface area contributed by atoms with Crippen molar-refractivity contribution in [2.24, 2.45) is 11.8 Å². The molecule has 0 aliphatic carbocycles. The van der Waals surface area contributed by atoms with E-state index in [2.05, 4.69) is 32.6 Å². The molecule has 1 aromatic heterocycles. The smallest absolute Gasteiger partial charge is 0.240 e. The largest absolute Gasteiger partial charge is 0.497 e. The van der Waals surface area contributed by atoms with E-state index in [0.29, 0.717) is 24.1 Å². The summed E-state index contributed by atoms with van der Waals surface area (Å²) in [5.74, 6) is 1.95. The number of aromatic nitrogens is 1. The van der Waals surface area contributed by atoms with Crippen LogP contribution < -0.4 is 9.46 Å². The Morgan fingerprint density at radius 3 is 2.69 bits per heavy atom. The Morgan fingerprint density at radius 1 is 1.22 bits per heavy atom. The number of fused-ring (bicyclic) bond motifs is 3. The summed E-state index contributed by atoms with van der Waals surface area (Å²) < 4.78 is 33.3. The van der Waals surface area contributed by atoms with E-state index in [9.17, 15) is 8.42 Å². The summed E-state index contributed by atoms with van der Waals surface area (Å²) in [6.07, 6.45) is 5.09. The number of likely N-dealkylation sites (N-methyl/N-ethyl adjacent to an activating group) is 1. The van der Waals surface area contributed by atoms with Crippen LogP contribution in [0.1, 0.15) is 18.5 Å². The van der Waals surface area contributed by atoms with Crippen molar-refractivity contribution in [1.29, 1.82) is 0 Å². The van der Waals surface area contributed by atoms with Gasteiger partial charge in [-0.3, -0.25) is 9.88 Å². The Hall–Kier alpha value is -2.00. The van der Waals surface area contributed by atoms with E-state index >= 15 is 0 Å². The van der Waals surface area contributed by atoms with Crippen LogP contribution in [-0.4, -0.2) is 76.1 Å². The van der Waals surface area contributed by atoms with Crippen LogP contribution in [0.2, 0.25) is 0 Å². The average molecular weight is 459 g/mol. The Morgan fingerprint density at radius 2 is 2.03 bits per heavy atom. The van der Waals surface area contributed by atoms with Crippen molar-refractivity contribution in [3.8, 4) is 5.75 Å². The van der Waals surface area contributed by atoms with Gasteiger partial charge in [0.2, 0.25) is 10.0 Å². The van der Waals surface area contributed by atoms with Gasteiger partial charge in [0.25, 0.3) is 0 Å². The van der Waals surface area contributed by atoms with Crippen molar-refractivity contribution in [3.63, 3.8) is 0 Å². The fourth-order valence-electron chi connectivity index (χ4n) is 5.06. The molecule has 1 unspecified atom stereocenters. The van der Waals surface area contributed by atoms with Gasteiger partial charge in [-0.25, -0.2) is 13.1 Å². The molecule has 0 spiro atoms. The zero-order valence-corrected chi connectivity index (χ0v) is 19.8. The molecular weight excluding hydrogens is 424 g/mol. The zero-order chi connectivity index (χ0) is 22.6. The summed E-state index contributed by atoms with van der Waals surface area (Å²) in [6.45, 7) is 4.66. The fourth-order valence-corrected chi connectivity index (χ4v) is 6.13. The van der Waals surface area contributed by atoms with Crippen molar-refractivity contribution in [1.82, 2.24) is 19.5 Å². The minimum atomic E-state index is -3.51. The summed E-state index contributed by atoms with van der Waals surface area (Å²) in [4.78, 5) is 9.60. The molecule has 1 N–H and O–H groups in total. The molecule has 8 heteroatoms. The SMILES string of the molecule is COc1ccc(S(=O)(=O)NC[C@H]2C[C@@H]3CCN2C[C@@H]3CN(C)CCc2ccccn2)cc1. The maximum atomic E-state index is 12.7. The van der Waals surface area contributed by atoms with Crippen LogP contribution in [0.3, 0.4) is 0 Å². The quantitative estimate of drug-likeness (QED) is 0.589. The highest BCUT2D eigenvalue weighted by molar-refractivity contribution is 7.89. The second kappa shape index (κ2) is 10.3. The van der Waals surface area contributed by atoms with E-state index in [1.807, 2.05) is 18.3 Å². The molecule has 3 aliphatic rings. The molecule has 32 heavy (non-hydrogen) atoms. The highest BCUT2D eigenvalue weighted by atomic mass is 32.2. The number of nitrogens with zero attached hydrogens (tertiary/aromatic N) is 3. The van der Waals surface area contributed by atoms with Crippen LogP contribution in [0.25, 0.3) is 0 Å². The topological polar surface area (TPSA) is 74.8 Å². The first-order valence-electron chi connectivity index (χ1n) is 11.4. The van der Waals surface area contributed by atoms with Gasteiger partial charge in [0.05, 0.1) is 12.0 Å². The normalized spacial score (nSPS) is 25.2. The maximum absolute atomic E-state index is 12.7. The molecule has 7 nitrogen and oxygen atoms in total. The number of sulfonamides is 1. The first kappa shape index (κ1) is 23.2. The van der Waals surface area contributed by atoms with Gasteiger partial charge in [0, 0.05) is 50.5 Å². The molecule has 0 saturated carbocycles. The second-order valence-electron chi connectivity index (χ2n) is 9.05. The lowest BCUT2D eigenvalue weighted by atomic mass is 9.75. The number of benzene rings is 1. The van der Waals surface area contributed by atoms with Gasteiger partial charge < -0.3 is 9.64 Å². The molecule has 0 amide bonds. The number of hydrogen-bond acceptors (Lipinski definition) is 6. The highest BCUT2D eigenvalue weighted by Gasteiger charge is 2.40. The molecule has 3 saturated heterocycles. The lowest BCUT2D eigenvalue weighted by Crippen LogP contribution is -2.58. The molecule has 4 atom stereocenters. The number of nitrogens with one attached hydrogen (secondary N) is 1. The summed E-state index contributed by atoms with van der Waals surface area (Å²) in [6, 6.07) is 12.9. The molecule has 2 bridgehead atoms. The Labute approximate surface area is 191 Å². The molecule has 3 fully saturated rings. The number of hydrogen-bond donors (Lipinski definition) is 1. The van der Waals surface area contributed by atoms with Gasteiger partial charge in [-0.15, -0.1) is 0 Å². The minimum absolute atomic E-state index is 0.275. The van der Waals surface area contributed by atoms with Crippen molar-refractivity contribution < 1.29 is 13.2 Å². The van der Waals surface area contributed by atoms with E-state index in [1.54, 1.807) is 31.4 Å². The van der Waals surface area contributed by atoms with E-state index in [4.69, 9.17) is 4.74 Å². The summed E-state index contributed by atoms with van der Waals surface area (Å²) in [5.41, 5.74) is 1.14. The number of rotatable bonds is 10. The van der Waals surface area contributed by atoms with Gasteiger partial charge in [-0.1, -0.05) is 6.07 Å². The number of methoxy groups -OCH3 is 1. The Bertz CT molecular complexity index is 968. The highest BCUT2D eigenvalue weighted by Crippen LogP contribution is 2.36. The molecule has 3 aliphatic heterocycles. The Balaban J connectivity index is 1.26. The third-order valence-corrected chi connectivity index (χ3v) is 8.35. The predicted molar refractivity (Wildman–Crippen MR) is 125 cm³/mol. The monoisotopic (exact) mass is 458 g/mol. The van der Waals surface area contributed by atoms with Crippen molar-refractivity contribution >= 4 is 10.0 Å². The van der Waals surface area contributed by atoms with Crippen molar-refractivity contribution in [2.45, 2.75) is 30.2 Å². The van der Waals surface area contributed by atoms with E-state index < -0.39 is 10.0 Å². The van der Waals surface area contributed by atoms with Crippen molar-refractivity contribution in [3.05, 3.63) is 54.4 Å². The maximum Gasteiger partial charge on any atom is 0.240 e. The molecule has 5 rings (SSSR count). The predicted octanol–water partition coefficient (Wildman–Crippen LogP) is 2.25. The first-order valence-corrected chi connectivity index (χ1v) is 12.9. The Kier molecular flexibility index (Phi) is 7.45. The number of pyridine rings is 1. The first-order chi connectivity index (χ1) is 15.4. The third-order valence-electron chi connectivity index (χ3n) is 6.91. The van der Waals surface area contributed by atoms with Gasteiger partial charge in [0.1, 0.15) is 5.75 Å². The summed E-state index contributed by atoms with van der Waals surface area (Å²) >= 11 is 0. The van der Waals surface area contributed by atoms with Crippen LogP contribution in [0.15, 0.2) is 53.6 Å². The summed E-state index contributed by atoms with van der Waals surface area (Å²) in [5, 5.41) is 0. The van der Waals surface area contributed by atoms with Crippen LogP contribution in [0, 0.1) is 11.8 Å². The number of piperidine rings is 3. The minimum Gasteiger partial charge on any atom is -0.497 e. The number of ether oxygens (including phenoxy) is 1. The van der Waals surface area contributed by atoms with Crippen LogP contribution >= 0.6 is 0 Å². The van der Waals surface area contributed by atoms with Gasteiger partial charge in [0.15, 0.2) is 0 Å². The van der Waals surface area contributed by atoms with Gasteiger partial charge in [-0.05, 0) is 74.7 Å². The fraction of sp³-hybridized carbons (Fsp3) is 0.542. The van der Waals surface area contributed by atoms with Crippen molar-refractivity contribution in [2.75, 3.05) is 46.9 Å². The molecule has 4 heterocycles. The molecule has 174 valence electrons. The molecular formula is C24H34N4O3S. The van der Waals surface area contributed by atoms with Crippen LogP contribution in [-0.2, 0) is 16.4 Å². The standard InChI is InChI=1S/C24H34N4O3S/c1-27(13-11-21-5-3-4-12-25-21)17-20-18-28-14-10-19(20)15-22(28)16-26-32(29,30)24-8-6-23(31-2)7-9-24/h3-9,12,19-20,22,26H,10-11,13-18H2,1-2H3/t19-,20-,22+/m0/s1. The van der Waals surface area contributed by atoms with Crippen LogP contribution in [0.4, 0.5) is 0 Å². The van der Waals surface area contributed by atoms with E-state index in [-0.39, 0.29) is 10.9 Å². The average Bonchev–Trinajstić information content (AvgIpc) is 2.83.